The van der Waals surface area contributed by atoms with Crippen LogP contribution in [0.5, 0.6) is 0 Å². The molecule has 0 aromatic heterocycles. The van der Waals surface area contributed by atoms with Crippen molar-refractivity contribution in [3.8, 4) is 0 Å². The van der Waals surface area contributed by atoms with Crippen LogP contribution in [0.3, 0.4) is 0 Å². The molecule has 2 rings (SSSR count). The average molecular weight is 310 g/mol. The Morgan fingerprint density at radius 3 is 2.67 bits per heavy atom. The van der Waals surface area contributed by atoms with Crippen LogP contribution in [0, 0.1) is 5.92 Å². The molecule has 1 heterocycles. The Kier molecular flexibility index (Phi) is 5.79. The number of hydrogen-bond donors (Lipinski definition) is 0. The third-order valence-electron chi connectivity index (χ3n) is 4.03. The Bertz CT molecular complexity index is 530. The highest BCUT2D eigenvalue weighted by Crippen LogP contribution is 2.19. The van der Waals surface area contributed by atoms with Gasteiger partial charge in [0, 0.05) is 32.4 Å². The first-order valence-corrected chi connectivity index (χ1v) is 9.61. The second kappa shape index (κ2) is 7.38. The van der Waals surface area contributed by atoms with Gasteiger partial charge in [-0.1, -0.05) is 30.3 Å². The smallest absolute Gasteiger partial charge is 0.148 e. The maximum absolute atomic E-state index is 11.2. The van der Waals surface area contributed by atoms with E-state index in [2.05, 4.69) is 34.1 Å². The molecular formula is C16H26N2O2S. The first kappa shape index (κ1) is 16.5. The fourth-order valence-corrected chi connectivity index (χ4v) is 3.54. The maximum Gasteiger partial charge on any atom is 0.148 e. The van der Waals surface area contributed by atoms with Crippen LogP contribution in [0.1, 0.15) is 12.0 Å². The number of sulfone groups is 1. The molecule has 118 valence electrons. The molecule has 0 amide bonds. The van der Waals surface area contributed by atoms with E-state index in [1.807, 2.05) is 13.1 Å². The fraction of sp³-hybridized carbons (Fsp3) is 0.625. The van der Waals surface area contributed by atoms with Gasteiger partial charge < -0.3 is 4.90 Å². The summed E-state index contributed by atoms with van der Waals surface area (Å²) in [5, 5.41) is 0. The van der Waals surface area contributed by atoms with Crippen molar-refractivity contribution in [1.82, 2.24) is 9.80 Å². The molecule has 5 heteroatoms. The van der Waals surface area contributed by atoms with Crippen molar-refractivity contribution < 1.29 is 8.42 Å². The van der Waals surface area contributed by atoms with Crippen molar-refractivity contribution in [3.63, 3.8) is 0 Å². The van der Waals surface area contributed by atoms with Gasteiger partial charge in [0.1, 0.15) is 9.84 Å². The van der Waals surface area contributed by atoms with Crippen molar-refractivity contribution in [2.45, 2.75) is 13.0 Å². The zero-order chi connectivity index (χ0) is 15.3. The minimum atomic E-state index is -2.86. The zero-order valence-corrected chi connectivity index (χ0v) is 13.8. The largest absolute Gasteiger partial charge is 0.305 e. The molecule has 1 aromatic rings. The Hall–Kier alpha value is -0.910. The lowest BCUT2D eigenvalue weighted by atomic mass is 10.1. The van der Waals surface area contributed by atoms with Gasteiger partial charge in [-0.05, 0) is 31.5 Å². The molecule has 1 aliphatic rings. The zero-order valence-electron chi connectivity index (χ0n) is 13.0. The predicted molar refractivity (Wildman–Crippen MR) is 87.0 cm³/mol. The van der Waals surface area contributed by atoms with E-state index < -0.39 is 9.84 Å². The van der Waals surface area contributed by atoms with Crippen LogP contribution in [0.2, 0.25) is 0 Å². The van der Waals surface area contributed by atoms with Crippen LogP contribution < -0.4 is 0 Å². The van der Waals surface area contributed by atoms with Crippen molar-refractivity contribution in [3.05, 3.63) is 35.9 Å². The van der Waals surface area contributed by atoms with Crippen LogP contribution >= 0.6 is 0 Å². The summed E-state index contributed by atoms with van der Waals surface area (Å²) in [6.45, 7) is 4.89. The highest BCUT2D eigenvalue weighted by molar-refractivity contribution is 7.90. The van der Waals surface area contributed by atoms with Crippen molar-refractivity contribution >= 4 is 9.84 Å². The van der Waals surface area contributed by atoms with Gasteiger partial charge in [0.05, 0.1) is 5.75 Å². The summed E-state index contributed by atoms with van der Waals surface area (Å²) in [7, 11) is -0.837. The number of rotatable bonds is 7. The van der Waals surface area contributed by atoms with Gasteiger partial charge in [-0.15, -0.1) is 0 Å². The lowest BCUT2D eigenvalue weighted by Gasteiger charge is -2.21. The van der Waals surface area contributed by atoms with Crippen LogP contribution in [0.15, 0.2) is 30.3 Å². The molecule has 0 unspecified atom stereocenters. The van der Waals surface area contributed by atoms with E-state index >= 15 is 0 Å². The topological polar surface area (TPSA) is 40.6 Å². The first-order valence-electron chi connectivity index (χ1n) is 7.55. The minimum absolute atomic E-state index is 0.254. The molecule has 1 aromatic carbocycles. The van der Waals surface area contributed by atoms with E-state index in [0.717, 1.165) is 26.2 Å². The first-order chi connectivity index (χ1) is 9.92. The van der Waals surface area contributed by atoms with Crippen LogP contribution in [-0.2, 0) is 16.4 Å². The van der Waals surface area contributed by atoms with Gasteiger partial charge in [0.2, 0.25) is 0 Å². The monoisotopic (exact) mass is 310 g/mol. The fourth-order valence-electron chi connectivity index (χ4n) is 2.90. The van der Waals surface area contributed by atoms with Gasteiger partial charge in [0.15, 0.2) is 0 Å². The molecule has 0 spiro atoms. The van der Waals surface area contributed by atoms with Gasteiger partial charge in [-0.3, -0.25) is 4.90 Å². The SMILES string of the molecule is CN(CCS(C)(=O)=O)C[C@H]1CCN(Cc2ccccc2)C1. The summed E-state index contributed by atoms with van der Waals surface area (Å²) >= 11 is 0. The lowest BCUT2D eigenvalue weighted by molar-refractivity contribution is 0.268. The second-order valence-corrected chi connectivity index (χ2v) is 8.53. The van der Waals surface area contributed by atoms with E-state index in [4.69, 9.17) is 0 Å². The molecule has 0 radical (unpaired) electrons. The Morgan fingerprint density at radius 2 is 2.00 bits per heavy atom. The summed E-state index contributed by atoms with van der Waals surface area (Å²) in [6.07, 6.45) is 2.51. The van der Waals surface area contributed by atoms with Crippen molar-refractivity contribution in [2.75, 3.05) is 45.2 Å². The van der Waals surface area contributed by atoms with Gasteiger partial charge in [-0.2, -0.15) is 0 Å². The summed E-state index contributed by atoms with van der Waals surface area (Å²) in [5.74, 6) is 0.905. The van der Waals surface area contributed by atoms with Gasteiger partial charge in [-0.25, -0.2) is 8.42 Å². The van der Waals surface area contributed by atoms with E-state index in [1.165, 1.54) is 18.2 Å². The van der Waals surface area contributed by atoms with Crippen LogP contribution in [0.25, 0.3) is 0 Å². The molecule has 4 nitrogen and oxygen atoms in total. The van der Waals surface area contributed by atoms with Gasteiger partial charge in [0.25, 0.3) is 0 Å². The molecule has 1 atom stereocenters. The molecule has 0 N–H and O–H groups in total. The molecule has 0 saturated carbocycles. The predicted octanol–water partition coefficient (Wildman–Crippen LogP) is 1.48. The molecule has 0 aliphatic carbocycles. The summed E-state index contributed by atoms with van der Waals surface area (Å²) in [6, 6.07) is 10.6. The molecule has 0 bridgehead atoms. The standard InChI is InChI=1S/C16H26N2O2S/c1-17(10-11-21(2,19)20)12-16-8-9-18(14-16)13-15-6-4-3-5-7-15/h3-7,16H,8-14H2,1-2H3/t16-/m1/s1. The maximum atomic E-state index is 11.2. The Labute approximate surface area is 128 Å². The molecule has 1 aliphatic heterocycles. The molecular weight excluding hydrogens is 284 g/mol. The molecule has 21 heavy (non-hydrogen) atoms. The summed E-state index contributed by atoms with van der Waals surface area (Å²) in [4.78, 5) is 4.64. The van der Waals surface area contributed by atoms with E-state index in [-0.39, 0.29) is 5.75 Å². The van der Waals surface area contributed by atoms with E-state index in [9.17, 15) is 8.42 Å². The van der Waals surface area contributed by atoms with Crippen molar-refractivity contribution in [1.29, 1.82) is 0 Å². The third kappa shape index (κ3) is 6.16. The molecule has 1 saturated heterocycles. The van der Waals surface area contributed by atoms with Gasteiger partial charge >= 0.3 is 0 Å². The molecule has 1 fully saturated rings. The van der Waals surface area contributed by atoms with Crippen LogP contribution in [-0.4, -0.2) is 63.5 Å². The highest BCUT2D eigenvalue weighted by Gasteiger charge is 2.23. The third-order valence-corrected chi connectivity index (χ3v) is 4.96. The number of benzene rings is 1. The minimum Gasteiger partial charge on any atom is -0.305 e. The number of hydrogen-bond acceptors (Lipinski definition) is 4. The van der Waals surface area contributed by atoms with Crippen molar-refractivity contribution in [2.24, 2.45) is 5.92 Å². The number of nitrogens with zero attached hydrogens (tertiary/aromatic N) is 2. The number of likely N-dealkylation sites (tertiary alicyclic amines) is 1. The average Bonchev–Trinajstić information content (AvgIpc) is 2.84. The second-order valence-electron chi connectivity index (χ2n) is 6.27. The summed E-state index contributed by atoms with van der Waals surface area (Å²) < 4.78 is 22.4. The van der Waals surface area contributed by atoms with Crippen LogP contribution in [0.4, 0.5) is 0 Å². The highest BCUT2D eigenvalue weighted by atomic mass is 32.2. The van der Waals surface area contributed by atoms with E-state index in [1.54, 1.807) is 0 Å². The Morgan fingerprint density at radius 1 is 1.29 bits per heavy atom. The summed E-state index contributed by atoms with van der Waals surface area (Å²) in [5.41, 5.74) is 1.36. The quantitative estimate of drug-likeness (QED) is 0.765. The Balaban J connectivity index is 1.72. The lowest BCUT2D eigenvalue weighted by Crippen LogP contribution is -2.31. The normalized spacial score (nSPS) is 20.2. The van der Waals surface area contributed by atoms with E-state index in [0.29, 0.717) is 12.5 Å².